The van der Waals surface area contributed by atoms with Crippen molar-refractivity contribution in [3.05, 3.63) is 103 Å². The number of hydrogen-bond donors (Lipinski definition) is 0. The first kappa shape index (κ1) is 37.9. The number of aryl methyl sites for hydroxylation is 1. The van der Waals surface area contributed by atoms with E-state index in [4.69, 9.17) is 4.21 Å². The van der Waals surface area contributed by atoms with Gasteiger partial charge >= 0.3 is 266 Å². The molecule has 5 rings (SSSR count). The van der Waals surface area contributed by atoms with Crippen molar-refractivity contribution in [3.63, 3.8) is 0 Å². The molecule has 3 heteroatoms. The van der Waals surface area contributed by atoms with Crippen LogP contribution in [-0.2, 0) is 35.5 Å². The summed E-state index contributed by atoms with van der Waals surface area (Å²) in [7, 11) is 0. The zero-order valence-electron chi connectivity index (χ0n) is 30.3. The zero-order chi connectivity index (χ0) is 31.9. The average Bonchev–Trinajstić information content (AvgIpc) is 3.47. The second-order valence-electron chi connectivity index (χ2n) is 17.1. The van der Waals surface area contributed by atoms with Gasteiger partial charge in [0.15, 0.2) is 0 Å². The Kier molecular flexibility index (Phi) is 10.3. The first-order valence-corrected chi connectivity index (χ1v) is 23.7. The van der Waals surface area contributed by atoms with Crippen molar-refractivity contribution in [2.24, 2.45) is 11.3 Å². The van der Waals surface area contributed by atoms with E-state index in [0.29, 0.717) is 5.92 Å². The van der Waals surface area contributed by atoms with Gasteiger partial charge < -0.3 is 0 Å². The fraction of sp³-hybridized carbons (Fsp3) is 0.452. The third-order valence-corrected chi connectivity index (χ3v) is 28.7. The summed E-state index contributed by atoms with van der Waals surface area (Å²) in [4.78, 5) is 0. The molecule has 0 aromatic heterocycles. The van der Waals surface area contributed by atoms with Crippen LogP contribution in [-0.4, -0.2) is 4.21 Å². The van der Waals surface area contributed by atoms with Crippen molar-refractivity contribution in [2.45, 2.75) is 111 Å². The summed E-state index contributed by atoms with van der Waals surface area (Å²) in [6, 6.07) is 19.2. The minimum atomic E-state index is -4.48. The third kappa shape index (κ3) is 5.91. The van der Waals surface area contributed by atoms with E-state index in [1.165, 1.54) is 47.8 Å². The van der Waals surface area contributed by atoms with Gasteiger partial charge in [0.25, 0.3) is 0 Å². The first-order valence-electron chi connectivity index (χ1n) is 16.6. The molecule has 1 unspecified atom stereocenters. The van der Waals surface area contributed by atoms with Gasteiger partial charge in [-0.05, 0) is 0 Å². The number of rotatable bonds is 4. The van der Waals surface area contributed by atoms with Crippen LogP contribution in [0.5, 0.6) is 0 Å². The molecule has 2 aliphatic rings. The fourth-order valence-electron chi connectivity index (χ4n) is 8.80. The predicted molar refractivity (Wildman–Crippen MR) is 204 cm³/mol. The minimum absolute atomic E-state index is 0. The van der Waals surface area contributed by atoms with Crippen molar-refractivity contribution in [1.29, 1.82) is 0 Å². The molecule has 45 heavy (non-hydrogen) atoms. The van der Waals surface area contributed by atoms with E-state index in [-0.39, 0.29) is 41.1 Å². The average molecular weight is 725 g/mol. The van der Waals surface area contributed by atoms with E-state index in [0.717, 1.165) is 10.5 Å². The topological polar surface area (TPSA) is 0 Å². The van der Waals surface area contributed by atoms with Gasteiger partial charge in [-0.25, -0.2) is 0 Å². The summed E-state index contributed by atoms with van der Waals surface area (Å²) >= 11 is -4.48. The molecule has 0 radical (unpaired) electrons. The van der Waals surface area contributed by atoms with Gasteiger partial charge in [0, 0.05) is 0 Å². The summed E-state index contributed by atoms with van der Waals surface area (Å²) in [5.41, 5.74) is 13.5. The molecule has 3 aromatic carbocycles. The summed E-state index contributed by atoms with van der Waals surface area (Å²) in [6.07, 6.45) is 6.19. The first-order chi connectivity index (χ1) is 19.7. The third-order valence-electron chi connectivity index (χ3n) is 11.1. The summed E-state index contributed by atoms with van der Waals surface area (Å²) in [6.45, 7) is 31.0. The number of halogens is 2. The Bertz CT molecular complexity index is 1750. The van der Waals surface area contributed by atoms with Crippen molar-refractivity contribution in [1.82, 2.24) is 0 Å². The van der Waals surface area contributed by atoms with Gasteiger partial charge in [0.1, 0.15) is 0 Å². The SMILES string of the molecule is Cl.Cl.[CH2]=[Zr]([CH2]C)([C]1=CC(C(C)(C)C)=CC1C)([c]1ccccc1)[c]1c(C)c(C(C)(C)C)cc2c1Cc1cc(C)c(C(C)(C)C)cc1-2. The van der Waals surface area contributed by atoms with Crippen LogP contribution in [0.25, 0.3) is 11.1 Å². The standard InChI is InChI=1S/C23H29.C10H15.C6H5.C2H5.CH2.2ClH.Zr/c1-14-9-16-11-17-10-15(2)21(23(6,7)8)13-19(17)18(16)12-20(14)22(3,4)5;1-8-5-6-9(7-8)10(2,3)4;1-2-4-6-5-3-1;1-2;;;;/h9,12-13H,11H2,1-8H3;6-8H,1-4H3;1-5H;1H2,2H3;1H2;2*1H;. The van der Waals surface area contributed by atoms with Crippen molar-refractivity contribution in [3.8, 4) is 11.1 Å². The van der Waals surface area contributed by atoms with Gasteiger partial charge in [0.05, 0.1) is 0 Å². The van der Waals surface area contributed by atoms with Gasteiger partial charge in [-0.2, -0.15) is 0 Å². The summed E-state index contributed by atoms with van der Waals surface area (Å²) < 4.78 is 11.6. The predicted octanol–water partition coefficient (Wildman–Crippen LogP) is 11.3. The van der Waals surface area contributed by atoms with Crippen LogP contribution in [0.2, 0.25) is 4.13 Å². The van der Waals surface area contributed by atoms with Crippen LogP contribution >= 0.6 is 24.8 Å². The molecule has 0 saturated carbocycles. The molecule has 0 saturated heterocycles. The molecule has 0 amide bonds. The van der Waals surface area contributed by atoms with Crippen LogP contribution in [0.4, 0.5) is 0 Å². The summed E-state index contributed by atoms with van der Waals surface area (Å²) in [5, 5.41) is 0. The van der Waals surface area contributed by atoms with E-state index < -0.39 is 18.3 Å². The molecule has 1 atom stereocenters. The molecule has 0 fully saturated rings. The second kappa shape index (κ2) is 12.2. The van der Waals surface area contributed by atoms with Gasteiger partial charge in [0.2, 0.25) is 0 Å². The van der Waals surface area contributed by atoms with E-state index in [9.17, 15) is 0 Å². The van der Waals surface area contributed by atoms with Crippen molar-refractivity contribution >= 4 is 35.6 Å². The number of allylic oxidation sites excluding steroid dienone is 4. The van der Waals surface area contributed by atoms with E-state index >= 15 is 0 Å². The molecule has 2 aliphatic carbocycles. The summed E-state index contributed by atoms with van der Waals surface area (Å²) in [5.74, 6) is 0.379. The molecule has 0 aliphatic heterocycles. The fourth-order valence-corrected chi connectivity index (χ4v) is 25.4. The van der Waals surface area contributed by atoms with Crippen molar-refractivity contribution in [2.75, 3.05) is 0 Å². The van der Waals surface area contributed by atoms with Crippen LogP contribution < -0.4 is 6.54 Å². The molecular formula is C42H58Cl2Zr. The second-order valence-corrected chi connectivity index (χ2v) is 31.2. The number of benzene rings is 3. The van der Waals surface area contributed by atoms with Crippen LogP contribution in [0.15, 0.2) is 69.5 Å². The Morgan fingerprint density at radius 1 is 0.778 bits per heavy atom. The van der Waals surface area contributed by atoms with Crippen LogP contribution in [0.3, 0.4) is 0 Å². The maximum atomic E-state index is 5.72. The quantitative estimate of drug-likeness (QED) is 0.197. The Balaban J connectivity index is 0.00000276. The van der Waals surface area contributed by atoms with E-state index in [1.54, 1.807) is 12.1 Å². The van der Waals surface area contributed by atoms with Gasteiger partial charge in [-0.3, -0.25) is 0 Å². The van der Waals surface area contributed by atoms with Gasteiger partial charge in [-0.1, -0.05) is 0 Å². The Morgan fingerprint density at radius 3 is 1.82 bits per heavy atom. The van der Waals surface area contributed by atoms with Gasteiger partial charge in [-0.15, -0.1) is 24.8 Å². The monoisotopic (exact) mass is 722 g/mol. The Labute approximate surface area is 288 Å². The molecule has 0 spiro atoms. The normalized spacial score (nSPS) is 16.7. The number of fused-ring (bicyclic) bond motifs is 3. The van der Waals surface area contributed by atoms with Crippen molar-refractivity contribution < 1.29 is 18.3 Å². The molecule has 0 bridgehead atoms. The molecule has 0 nitrogen and oxygen atoms in total. The number of hydrogen-bond acceptors (Lipinski definition) is 0. The van der Waals surface area contributed by atoms with Crippen LogP contribution in [0.1, 0.15) is 110 Å². The Morgan fingerprint density at radius 2 is 1.33 bits per heavy atom. The molecule has 3 aromatic rings. The maximum absolute atomic E-state index is 5.72. The van der Waals surface area contributed by atoms with E-state index in [2.05, 4.69) is 151 Å². The zero-order valence-corrected chi connectivity index (χ0v) is 34.4. The molecule has 244 valence electrons. The molecular weight excluding hydrogens is 667 g/mol. The van der Waals surface area contributed by atoms with E-state index in [1.807, 2.05) is 0 Å². The Hall–Kier alpha value is -1.53. The molecule has 0 heterocycles. The van der Waals surface area contributed by atoms with Crippen LogP contribution in [0, 0.1) is 25.2 Å². The molecule has 0 N–H and O–H groups in total.